The lowest BCUT2D eigenvalue weighted by Gasteiger charge is -2.09. The summed E-state index contributed by atoms with van der Waals surface area (Å²) in [7, 11) is 0. The number of nitrogens with zero attached hydrogens (tertiary/aromatic N) is 2. The number of nitrogens with one attached hydrogen (secondary N) is 1. The van der Waals surface area contributed by atoms with E-state index in [-0.39, 0.29) is 5.92 Å². The third kappa shape index (κ3) is 4.21. The normalized spacial score (nSPS) is 10.7. The molecule has 0 fully saturated rings. The molecule has 100 valence electrons. The molecule has 1 heterocycles. The van der Waals surface area contributed by atoms with Gasteiger partial charge in [0.1, 0.15) is 16.8 Å². The van der Waals surface area contributed by atoms with E-state index in [0.717, 1.165) is 24.6 Å². The largest absolute Gasteiger partial charge is 0.370 e. The minimum absolute atomic E-state index is 0.272. The maximum absolute atomic E-state index is 6.00. The van der Waals surface area contributed by atoms with Gasteiger partial charge in [-0.05, 0) is 12.0 Å². The maximum Gasteiger partial charge on any atom is 0.135 e. The van der Waals surface area contributed by atoms with Crippen LogP contribution in [0.3, 0.4) is 0 Å². The lowest BCUT2D eigenvalue weighted by Crippen LogP contribution is -2.08. The van der Waals surface area contributed by atoms with E-state index in [9.17, 15) is 0 Å². The molecule has 1 aromatic carbocycles. The summed E-state index contributed by atoms with van der Waals surface area (Å²) in [4.78, 5) is 8.67. The fourth-order valence-corrected chi connectivity index (χ4v) is 1.95. The van der Waals surface area contributed by atoms with E-state index in [4.69, 9.17) is 11.6 Å². The summed E-state index contributed by atoms with van der Waals surface area (Å²) in [6.07, 6.45) is 0.958. The van der Waals surface area contributed by atoms with Crippen LogP contribution in [0.1, 0.15) is 31.2 Å². The van der Waals surface area contributed by atoms with Crippen LogP contribution in [0.25, 0.3) is 0 Å². The number of benzene rings is 1. The summed E-state index contributed by atoms with van der Waals surface area (Å²) in [5.41, 5.74) is 1.30. The predicted molar refractivity (Wildman–Crippen MR) is 79.8 cm³/mol. The minimum atomic E-state index is 0.272. The van der Waals surface area contributed by atoms with Gasteiger partial charge in [0.15, 0.2) is 0 Å². The zero-order valence-electron chi connectivity index (χ0n) is 11.2. The van der Waals surface area contributed by atoms with Crippen LogP contribution >= 0.6 is 11.6 Å². The summed E-state index contributed by atoms with van der Waals surface area (Å²) < 4.78 is 0. The molecule has 0 unspecified atom stereocenters. The first kappa shape index (κ1) is 13.8. The Kier molecular flexibility index (Phi) is 4.74. The summed E-state index contributed by atoms with van der Waals surface area (Å²) in [5, 5.41) is 3.78. The highest BCUT2D eigenvalue weighted by Gasteiger charge is 2.06. The Balaban J connectivity index is 1.96. The van der Waals surface area contributed by atoms with Gasteiger partial charge in [-0.2, -0.15) is 0 Å². The highest BCUT2D eigenvalue weighted by Crippen LogP contribution is 2.16. The zero-order chi connectivity index (χ0) is 13.7. The fraction of sp³-hybridized carbons (Fsp3) is 0.333. The number of aromatic nitrogens is 2. The minimum Gasteiger partial charge on any atom is -0.370 e. The van der Waals surface area contributed by atoms with Gasteiger partial charge in [0.05, 0.1) is 0 Å². The van der Waals surface area contributed by atoms with Crippen LogP contribution < -0.4 is 5.32 Å². The van der Waals surface area contributed by atoms with Crippen molar-refractivity contribution < 1.29 is 0 Å². The van der Waals surface area contributed by atoms with Crippen molar-refractivity contribution in [2.24, 2.45) is 0 Å². The molecule has 2 rings (SSSR count). The van der Waals surface area contributed by atoms with Gasteiger partial charge >= 0.3 is 0 Å². The molecule has 0 saturated carbocycles. The Morgan fingerprint density at radius 1 is 1.16 bits per heavy atom. The monoisotopic (exact) mass is 275 g/mol. The van der Waals surface area contributed by atoms with Gasteiger partial charge in [0, 0.05) is 18.5 Å². The molecule has 0 atom stereocenters. The molecule has 0 bridgehead atoms. The van der Waals surface area contributed by atoms with E-state index in [1.54, 1.807) is 6.07 Å². The Hall–Kier alpha value is -1.61. The number of anilines is 1. The molecule has 0 spiro atoms. The molecule has 0 aliphatic rings. The lowest BCUT2D eigenvalue weighted by molar-refractivity contribution is 0.774. The molecule has 4 heteroatoms. The van der Waals surface area contributed by atoms with Crippen LogP contribution in [0.2, 0.25) is 5.15 Å². The van der Waals surface area contributed by atoms with Gasteiger partial charge in [-0.3, -0.25) is 0 Å². The van der Waals surface area contributed by atoms with Crippen LogP contribution in [-0.2, 0) is 6.42 Å². The molecule has 0 radical (unpaired) electrons. The lowest BCUT2D eigenvalue weighted by atomic mass is 10.1. The van der Waals surface area contributed by atoms with Crippen LogP contribution in [0.15, 0.2) is 36.4 Å². The van der Waals surface area contributed by atoms with Gasteiger partial charge in [-0.15, -0.1) is 0 Å². The summed E-state index contributed by atoms with van der Waals surface area (Å²) >= 11 is 6.00. The van der Waals surface area contributed by atoms with Crippen LogP contribution in [0.5, 0.6) is 0 Å². The van der Waals surface area contributed by atoms with Gasteiger partial charge in [0.25, 0.3) is 0 Å². The molecule has 0 aliphatic heterocycles. The van der Waals surface area contributed by atoms with E-state index < -0.39 is 0 Å². The third-order valence-electron chi connectivity index (χ3n) is 2.79. The second kappa shape index (κ2) is 6.53. The number of hydrogen-bond donors (Lipinski definition) is 1. The number of rotatable bonds is 5. The smallest absolute Gasteiger partial charge is 0.135 e. The van der Waals surface area contributed by atoms with Gasteiger partial charge < -0.3 is 5.32 Å². The SMILES string of the molecule is CC(C)c1nc(Cl)cc(NCCc2ccccc2)n1. The van der Waals surface area contributed by atoms with Gasteiger partial charge in [0.2, 0.25) is 0 Å². The third-order valence-corrected chi connectivity index (χ3v) is 2.98. The predicted octanol–water partition coefficient (Wildman–Crippen LogP) is 3.91. The Morgan fingerprint density at radius 3 is 2.58 bits per heavy atom. The van der Waals surface area contributed by atoms with Crippen molar-refractivity contribution in [3.63, 3.8) is 0 Å². The molecular formula is C15H18ClN3. The van der Waals surface area contributed by atoms with Crippen molar-refractivity contribution in [3.05, 3.63) is 52.9 Å². The molecule has 1 N–H and O–H groups in total. The topological polar surface area (TPSA) is 37.8 Å². The zero-order valence-corrected chi connectivity index (χ0v) is 12.0. The highest BCUT2D eigenvalue weighted by molar-refractivity contribution is 6.29. The first-order valence-corrected chi connectivity index (χ1v) is 6.85. The Bertz CT molecular complexity index is 526. The number of hydrogen-bond acceptors (Lipinski definition) is 3. The standard InChI is InChI=1S/C15H18ClN3/c1-11(2)15-18-13(16)10-14(19-15)17-9-8-12-6-4-3-5-7-12/h3-7,10-11H,8-9H2,1-2H3,(H,17,18,19). The van der Waals surface area contributed by atoms with Crippen LogP contribution in [0.4, 0.5) is 5.82 Å². The molecule has 0 saturated heterocycles. The van der Waals surface area contributed by atoms with E-state index >= 15 is 0 Å². The van der Waals surface area contributed by atoms with Crippen LogP contribution in [0, 0.1) is 0 Å². The second-order valence-corrected chi connectivity index (χ2v) is 5.14. The molecule has 3 nitrogen and oxygen atoms in total. The fourth-order valence-electron chi connectivity index (χ4n) is 1.76. The van der Waals surface area contributed by atoms with Crippen molar-refractivity contribution >= 4 is 17.4 Å². The Labute approximate surface area is 119 Å². The van der Waals surface area contributed by atoms with Crippen molar-refractivity contribution in [3.8, 4) is 0 Å². The van der Waals surface area contributed by atoms with Crippen molar-refractivity contribution in [1.29, 1.82) is 0 Å². The average Bonchev–Trinajstić information content (AvgIpc) is 2.39. The first-order chi connectivity index (χ1) is 9.15. The second-order valence-electron chi connectivity index (χ2n) is 4.75. The Morgan fingerprint density at radius 2 is 1.89 bits per heavy atom. The molecule has 0 amide bonds. The van der Waals surface area contributed by atoms with Crippen molar-refractivity contribution in [2.75, 3.05) is 11.9 Å². The summed E-state index contributed by atoms with van der Waals surface area (Å²) in [6, 6.07) is 12.1. The maximum atomic E-state index is 6.00. The van der Waals surface area contributed by atoms with Crippen LogP contribution in [-0.4, -0.2) is 16.5 Å². The summed E-state index contributed by atoms with van der Waals surface area (Å²) in [6.45, 7) is 4.94. The average molecular weight is 276 g/mol. The molecular weight excluding hydrogens is 258 g/mol. The quantitative estimate of drug-likeness (QED) is 0.841. The molecule has 0 aliphatic carbocycles. The van der Waals surface area contributed by atoms with Crippen molar-refractivity contribution in [2.45, 2.75) is 26.2 Å². The number of halogens is 1. The molecule has 2 aromatic rings. The first-order valence-electron chi connectivity index (χ1n) is 6.47. The van der Waals surface area contributed by atoms with E-state index in [1.165, 1.54) is 5.56 Å². The van der Waals surface area contributed by atoms with E-state index in [2.05, 4.69) is 41.3 Å². The van der Waals surface area contributed by atoms with E-state index in [1.807, 2.05) is 18.2 Å². The molecule has 19 heavy (non-hydrogen) atoms. The summed E-state index contributed by atoms with van der Waals surface area (Å²) in [5.74, 6) is 1.84. The van der Waals surface area contributed by atoms with Gasteiger partial charge in [-0.25, -0.2) is 9.97 Å². The van der Waals surface area contributed by atoms with E-state index in [0.29, 0.717) is 5.15 Å². The van der Waals surface area contributed by atoms with Gasteiger partial charge in [-0.1, -0.05) is 55.8 Å². The highest BCUT2D eigenvalue weighted by atomic mass is 35.5. The van der Waals surface area contributed by atoms with Crippen molar-refractivity contribution in [1.82, 2.24) is 9.97 Å². The molecule has 1 aromatic heterocycles.